The monoisotopic (exact) mass is 423 g/mol. The first-order chi connectivity index (χ1) is 11.8. The Morgan fingerprint density at radius 3 is 2.64 bits per heavy atom. The molecule has 1 aromatic carbocycles. The minimum Gasteiger partial charge on any atom is -0.346 e. The lowest BCUT2D eigenvalue weighted by Gasteiger charge is -2.18. The molecule has 0 aliphatic rings. The minimum absolute atomic E-state index is 0.155. The van der Waals surface area contributed by atoms with Gasteiger partial charge in [0.25, 0.3) is 5.91 Å². The van der Waals surface area contributed by atoms with E-state index < -0.39 is 27.7 Å². The number of rotatable bonds is 5. The quantitative estimate of drug-likeness (QED) is 0.571. The number of benzene rings is 1. The number of carbonyl (C=O) groups excluding carboxylic acids is 1. The maximum atomic E-state index is 12.6. The first kappa shape index (κ1) is 17.5. The highest BCUT2D eigenvalue weighted by Gasteiger charge is 2.22. The molecule has 4 N–H and O–H groups in total. The van der Waals surface area contributed by atoms with E-state index in [9.17, 15) is 13.2 Å². The highest BCUT2D eigenvalue weighted by Crippen LogP contribution is 2.20. The van der Waals surface area contributed by atoms with Crippen molar-refractivity contribution < 1.29 is 13.2 Å². The molecule has 10 heteroatoms. The van der Waals surface area contributed by atoms with E-state index in [1.54, 1.807) is 36.5 Å². The van der Waals surface area contributed by atoms with Crippen LogP contribution in [0.2, 0.25) is 0 Å². The lowest BCUT2D eigenvalue weighted by Crippen LogP contribution is -2.35. The van der Waals surface area contributed by atoms with Crippen molar-refractivity contribution in [1.29, 1.82) is 0 Å². The SMILES string of the molecule is NS(=O)(=O)C[C@@H](NC(=O)c1ncnc2[nH]ccc12)c1ccc(Br)cc1. The summed E-state index contributed by atoms with van der Waals surface area (Å²) in [4.78, 5) is 23.6. The van der Waals surface area contributed by atoms with Crippen LogP contribution in [0.1, 0.15) is 22.1 Å². The van der Waals surface area contributed by atoms with E-state index in [4.69, 9.17) is 5.14 Å². The molecule has 1 atom stereocenters. The van der Waals surface area contributed by atoms with Gasteiger partial charge < -0.3 is 10.3 Å². The van der Waals surface area contributed by atoms with Gasteiger partial charge in [0.15, 0.2) is 0 Å². The fourth-order valence-electron chi connectivity index (χ4n) is 2.43. The van der Waals surface area contributed by atoms with Gasteiger partial charge in [-0.05, 0) is 23.8 Å². The normalized spacial score (nSPS) is 12.9. The zero-order chi connectivity index (χ0) is 18.0. The Labute approximate surface area is 152 Å². The predicted molar refractivity (Wildman–Crippen MR) is 96.2 cm³/mol. The van der Waals surface area contributed by atoms with E-state index in [-0.39, 0.29) is 5.69 Å². The van der Waals surface area contributed by atoms with Crippen LogP contribution in [0.15, 0.2) is 47.3 Å². The van der Waals surface area contributed by atoms with Gasteiger partial charge in [-0.3, -0.25) is 4.79 Å². The Hall–Kier alpha value is -2.30. The highest BCUT2D eigenvalue weighted by atomic mass is 79.9. The van der Waals surface area contributed by atoms with Crippen LogP contribution in [0.3, 0.4) is 0 Å². The second kappa shape index (κ2) is 6.90. The molecule has 0 aliphatic heterocycles. The molecule has 25 heavy (non-hydrogen) atoms. The summed E-state index contributed by atoms with van der Waals surface area (Å²) in [5.41, 5.74) is 1.29. The molecule has 130 valence electrons. The number of hydrogen-bond acceptors (Lipinski definition) is 5. The standard InChI is InChI=1S/C15H14BrN5O3S/c16-10-3-1-9(2-4-10)12(7-25(17,23)24)21-15(22)13-11-5-6-18-14(11)20-8-19-13/h1-6,8,12H,7H2,(H,21,22)(H2,17,23,24)(H,18,19,20)/t12-/m1/s1. The van der Waals surface area contributed by atoms with Crippen LogP contribution in [-0.2, 0) is 10.0 Å². The van der Waals surface area contributed by atoms with Crippen LogP contribution in [0.5, 0.6) is 0 Å². The molecule has 3 aromatic rings. The van der Waals surface area contributed by atoms with Crippen molar-refractivity contribution in [1.82, 2.24) is 20.3 Å². The Bertz CT molecular complexity index is 1020. The van der Waals surface area contributed by atoms with Crippen LogP contribution in [0, 0.1) is 0 Å². The lowest BCUT2D eigenvalue weighted by atomic mass is 10.1. The zero-order valence-electron chi connectivity index (χ0n) is 12.8. The van der Waals surface area contributed by atoms with Gasteiger partial charge in [-0.15, -0.1) is 0 Å². The molecule has 0 spiro atoms. The molecule has 0 saturated heterocycles. The highest BCUT2D eigenvalue weighted by molar-refractivity contribution is 9.10. The van der Waals surface area contributed by atoms with Crippen molar-refractivity contribution in [2.45, 2.75) is 6.04 Å². The number of aromatic amines is 1. The van der Waals surface area contributed by atoms with Crippen molar-refractivity contribution in [3.8, 4) is 0 Å². The molecule has 0 unspecified atom stereocenters. The van der Waals surface area contributed by atoms with Crippen LogP contribution in [0.4, 0.5) is 0 Å². The van der Waals surface area contributed by atoms with Gasteiger partial charge in [-0.25, -0.2) is 23.5 Å². The van der Waals surface area contributed by atoms with Gasteiger partial charge in [0.05, 0.1) is 17.2 Å². The second-order valence-electron chi connectivity index (χ2n) is 5.37. The molecule has 0 aliphatic carbocycles. The summed E-state index contributed by atoms with van der Waals surface area (Å²) in [6, 6.07) is 7.82. The van der Waals surface area contributed by atoms with E-state index in [1.165, 1.54) is 6.33 Å². The Balaban J connectivity index is 1.93. The van der Waals surface area contributed by atoms with Gasteiger partial charge in [0.2, 0.25) is 10.0 Å². The van der Waals surface area contributed by atoms with Gasteiger partial charge in [0.1, 0.15) is 17.7 Å². The van der Waals surface area contributed by atoms with Crippen LogP contribution in [-0.4, -0.2) is 35.0 Å². The molecule has 3 rings (SSSR count). The fraction of sp³-hybridized carbons (Fsp3) is 0.133. The van der Waals surface area contributed by atoms with E-state index in [2.05, 4.69) is 36.2 Å². The lowest BCUT2D eigenvalue weighted by molar-refractivity contribution is 0.0937. The summed E-state index contributed by atoms with van der Waals surface area (Å²) >= 11 is 3.32. The molecular formula is C15H14BrN5O3S. The fourth-order valence-corrected chi connectivity index (χ4v) is 3.43. The summed E-state index contributed by atoms with van der Waals surface area (Å²) in [5, 5.41) is 8.41. The number of carbonyl (C=O) groups is 1. The molecule has 0 bridgehead atoms. The number of H-pyrrole nitrogens is 1. The number of halogens is 1. The summed E-state index contributed by atoms with van der Waals surface area (Å²) < 4.78 is 24.0. The van der Waals surface area contributed by atoms with Gasteiger partial charge in [0, 0.05) is 10.7 Å². The van der Waals surface area contributed by atoms with Crippen LogP contribution >= 0.6 is 15.9 Å². The van der Waals surface area contributed by atoms with Crippen molar-refractivity contribution in [3.63, 3.8) is 0 Å². The number of nitrogens with zero attached hydrogens (tertiary/aromatic N) is 2. The van der Waals surface area contributed by atoms with Crippen LogP contribution < -0.4 is 10.5 Å². The number of primary sulfonamides is 1. The summed E-state index contributed by atoms with van der Waals surface area (Å²) in [7, 11) is -3.81. The molecule has 8 nitrogen and oxygen atoms in total. The van der Waals surface area contributed by atoms with Crippen molar-refractivity contribution in [2.24, 2.45) is 5.14 Å². The van der Waals surface area contributed by atoms with Crippen molar-refractivity contribution in [3.05, 3.63) is 58.6 Å². The summed E-state index contributed by atoms with van der Waals surface area (Å²) in [6.45, 7) is 0. The van der Waals surface area contributed by atoms with E-state index in [1.807, 2.05) is 0 Å². The van der Waals surface area contributed by atoms with Crippen molar-refractivity contribution >= 4 is 42.9 Å². The predicted octanol–water partition coefficient (Wildman–Crippen LogP) is 1.48. The van der Waals surface area contributed by atoms with Gasteiger partial charge in [-0.2, -0.15) is 0 Å². The first-order valence-electron chi connectivity index (χ1n) is 7.18. The molecule has 0 radical (unpaired) electrons. The molecular weight excluding hydrogens is 410 g/mol. The molecule has 2 aromatic heterocycles. The number of aromatic nitrogens is 3. The number of nitrogens with two attached hydrogens (primary N) is 1. The first-order valence-corrected chi connectivity index (χ1v) is 9.69. The van der Waals surface area contributed by atoms with Gasteiger partial charge >= 0.3 is 0 Å². The Morgan fingerprint density at radius 1 is 1.24 bits per heavy atom. The Morgan fingerprint density at radius 2 is 1.96 bits per heavy atom. The number of hydrogen-bond donors (Lipinski definition) is 3. The van der Waals surface area contributed by atoms with Gasteiger partial charge in [-0.1, -0.05) is 28.1 Å². The van der Waals surface area contributed by atoms with Crippen LogP contribution in [0.25, 0.3) is 11.0 Å². The maximum Gasteiger partial charge on any atom is 0.271 e. The number of sulfonamides is 1. The summed E-state index contributed by atoms with van der Waals surface area (Å²) in [6.07, 6.45) is 2.91. The third-order valence-corrected chi connectivity index (χ3v) is 4.87. The molecule has 2 heterocycles. The number of nitrogens with one attached hydrogen (secondary N) is 2. The smallest absolute Gasteiger partial charge is 0.271 e. The van der Waals surface area contributed by atoms with E-state index in [0.717, 1.165) is 4.47 Å². The average molecular weight is 424 g/mol. The number of fused-ring (bicyclic) bond motifs is 1. The third-order valence-electron chi connectivity index (χ3n) is 3.55. The zero-order valence-corrected chi connectivity index (χ0v) is 15.2. The summed E-state index contributed by atoms with van der Waals surface area (Å²) in [5.74, 6) is -0.939. The van der Waals surface area contributed by atoms with E-state index in [0.29, 0.717) is 16.6 Å². The topological polar surface area (TPSA) is 131 Å². The minimum atomic E-state index is -3.81. The second-order valence-corrected chi connectivity index (χ2v) is 7.94. The maximum absolute atomic E-state index is 12.6. The number of amides is 1. The molecule has 0 fully saturated rings. The average Bonchev–Trinajstić information content (AvgIpc) is 3.02. The Kier molecular flexibility index (Phi) is 4.84. The van der Waals surface area contributed by atoms with E-state index >= 15 is 0 Å². The largest absolute Gasteiger partial charge is 0.346 e. The third kappa shape index (κ3) is 4.21. The van der Waals surface area contributed by atoms with Crippen molar-refractivity contribution in [2.75, 3.05) is 5.75 Å². The molecule has 0 saturated carbocycles. The molecule has 1 amide bonds.